The Labute approximate surface area is 92.1 Å². The van der Waals surface area contributed by atoms with Crippen LogP contribution < -0.4 is 0 Å². The van der Waals surface area contributed by atoms with Gasteiger partial charge in [0.2, 0.25) is 0 Å². The largest absolute Gasteiger partial charge is 0.376 e. The Morgan fingerprint density at radius 1 is 1.20 bits per heavy atom. The molecular weight excluding hydrogens is 184 g/mol. The fourth-order valence-electron chi connectivity index (χ4n) is 1.35. The molecule has 0 aliphatic carbocycles. The lowest BCUT2D eigenvalue weighted by Gasteiger charge is -2.01. The Hall–Kier alpha value is -1.26. The highest BCUT2D eigenvalue weighted by Gasteiger charge is 2.00. The van der Waals surface area contributed by atoms with Gasteiger partial charge >= 0.3 is 0 Å². The summed E-state index contributed by atoms with van der Waals surface area (Å²) in [5.74, 6) is 5.88. The summed E-state index contributed by atoms with van der Waals surface area (Å²) in [7, 11) is 0. The molecule has 0 aromatic heterocycles. The Morgan fingerprint density at radius 3 is 2.60 bits per heavy atom. The van der Waals surface area contributed by atoms with E-state index in [0.29, 0.717) is 0 Å². The van der Waals surface area contributed by atoms with E-state index in [0.717, 1.165) is 18.4 Å². The third kappa shape index (κ3) is 4.67. The minimum Gasteiger partial charge on any atom is -0.376 e. The summed E-state index contributed by atoms with van der Waals surface area (Å²) in [6, 6.07) is 9.55. The Kier molecular flexibility index (Phi) is 5.58. The molecule has 1 aromatic carbocycles. The lowest BCUT2D eigenvalue weighted by Crippen LogP contribution is -1.92. The van der Waals surface area contributed by atoms with E-state index < -0.39 is 6.10 Å². The van der Waals surface area contributed by atoms with E-state index in [2.05, 4.69) is 18.8 Å². The average molecular weight is 202 g/mol. The summed E-state index contributed by atoms with van der Waals surface area (Å²) < 4.78 is 0. The Morgan fingerprint density at radius 2 is 1.93 bits per heavy atom. The van der Waals surface area contributed by atoms with Gasteiger partial charge in [0.25, 0.3) is 0 Å². The molecule has 1 rings (SSSR count). The van der Waals surface area contributed by atoms with Gasteiger partial charge in [-0.05, 0) is 12.0 Å². The molecule has 0 saturated heterocycles. The molecule has 1 nitrogen and oxygen atoms in total. The standard InChI is InChI=1S/C14H18O/c1-2-3-4-5-9-12-14(15)13-10-7-6-8-11-13/h6-8,10-11,14-15H,2-5H2,1H3/t14-/m0/s1. The second kappa shape index (κ2) is 7.09. The second-order valence-electron chi connectivity index (χ2n) is 3.59. The minimum absolute atomic E-state index is 0.632. The van der Waals surface area contributed by atoms with Crippen LogP contribution >= 0.6 is 0 Å². The smallest absolute Gasteiger partial charge is 0.140 e. The molecule has 0 unspecified atom stereocenters. The van der Waals surface area contributed by atoms with Gasteiger partial charge in [-0.2, -0.15) is 0 Å². The third-order valence-corrected chi connectivity index (χ3v) is 2.26. The maximum Gasteiger partial charge on any atom is 0.140 e. The lowest BCUT2D eigenvalue weighted by atomic mass is 10.1. The van der Waals surface area contributed by atoms with Gasteiger partial charge < -0.3 is 5.11 Å². The van der Waals surface area contributed by atoms with Crippen molar-refractivity contribution in [1.82, 2.24) is 0 Å². The monoisotopic (exact) mass is 202 g/mol. The molecule has 0 saturated carbocycles. The molecule has 0 aliphatic rings. The maximum absolute atomic E-state index is 9.70. The SMILES string of the molecule is CCCCCC#C[C@H](O)c1ccccc1. The summed E-state index contributed by atoms with van der Waals surface area (Å²) in [6.45, 7) is 2.17. The van der Waals surface area contributed by atoms with Crippen molar-refractivity contribution in [2.24, 2.45) is 0 Å². The second-order valence-corrected chi connectivity index (χ2v) is 3.59. The third-order valence-electron chi connectivity index (χ3n) is 2.26. The fraction of sp³-hybridized carbons (Fsp3) is 0.429. The van der Waals surface area contributed by atoms with E-state index in [-0.39, 0.29) is 0 Å². The number of rotatable bonds is 4. The van der Waals surface area contributed by atoms with Crippen LogP contribution in [0.1, 0.15) is 44.3 Å². The first-order valence-corrected chi connectivity index (χ1v) is 5.56. The molecular formula is C14H18O. The molecule has 0 aliphatic heterocycles. The number of aliphatic hydroxyl groups is 1. The van der Waals surface area contributed by atoms with Crippen LogP contribution in [0, 0.1) is 11.8 Å². The molecule has 1 aromatic rings. The number of unbranched alkanes of at least 4 members (excludes halogenated alkanes) is 3. The van der Waals surface area contributed by atoms with E-state index in [1.807, 2.05) is 30.3 Å². The molecule has 0 bridgehead atoms. The molecule has 0 heterocycles. The molecule has 1 N–H and O–H groups in total. The van der Waals surface area contributed by atoms with Gasteiger partial charge in [-0.3, -0.25) is 0 Å². The zero-order valence-electron chi connectivity index (χ0n) is 9.24. The van der Waals surface area contributed by atoms with Gasteiger partial charge in [-0.25, -0.2) is 0 Å². The zero-order chi connectivity index (χ0) is 10.9. The van der Waals surface area contributed by atoms with Crippen LogP contribution in [0.2, 0.25) is 0 Å². The van der Waals surface area contributed by atoms with Crippen LogP contribution in [-0.4, -0.2) is 5.11 Å². The molecule has 0 fully saturated rings. The van der Waals surface area contributed by atoms with Crippen LogP contribution in [-0.2, 0) is 0 Å². The molecule has 0 spiro atoms. The fourth-order valence-corrected chi connectivity index (χ4v) is 1.35. The van der Waals surface area contributed by atoms with Crippen molar-refractivity contribution in [3.05, 3.63) is 35.9 Å². The quantitative estimate of drug-likeness (QED) is 0.586. The van der Waals surface area contributed by atoms with E-state index in [4.69, 9.17) is 0 Å². The van der Waals surface area contributed by atoms with Crippen LogP contribution in [0.3, 0.4) is 0 Å². The highest BCUT2D eigenvalue weighted by atomic mass is 16.3. The van der Waals surface area contributed by atoms with Crippen LogP contribution in [0.25, 0.3) is 0 Å². The van der Waals surface area contributed by atoms with Crippen molar-refractivity contribution < 1.29 is 5.11 Å². The van der Waals surface area contributed by atoms with E-state index >= 15 is 0 Å². The Balaban J connectivity index is 2.38. The van der Waals surface area contributed by atoms with Gasteiger partial charge in [0.1, 0.15) is 6.10 Å². The van der Waals surface area contributed by atoms with Crippen LogP contribution in [0.5, 0.6) is 0 Å². The van der Waals surface area contributed by atoms with Crippen molar-refractivity contribution >= 4 is 0 Å². The highest BCUT2D eigenvalue weighted by molar-refractivity contribution is 5.24. The van der Waals surface area contributed by atoms with E-state index in [1.54, 1.807) is 0 Å². The summed E-state index contributed by atoms with van der Waals surface area (Å²) in [5.41, 5.74) is 0.875. The normalized spacial score (nSPS) is 11.6. The van der Waals surface area contributed by atoms with Crippen molar-refractivity contribution in [1.29, 1.82) is 0 Å². The first-order chi connectivity index (χ1) is 7.34. The number of benzene rings is 1. The molecule has 0 radical (unpaired) electrons. The predicted molar refractivity (Wildman–Crippen MR) is 63.3 cm³/mol. The van der Waals surface area contributed by atoms with Crippen molar-refractivity contribution in [2.75, 3.05) is 0 Å². The molecule has 0 amide bonds. The van der Waals surface area contributed by atoms with Crippen molar-refractivity contribution in [2.45, 2.75) is 38.7 Å². The van der Waals surface area contributed by atoms with Gasteiger partial charge in [-0.15, -0.1) is 5.92 Å². The van der Waals surface area contributed by atoms with Gasteiger partial charge in [0.15, 0.2) is 0 Å². The maximum atomic E-state index is 9.70. The van der Waals surface area contributed by atoms with Crippen molar-refractivity contribution in [3.8, 4) is 11.8 Å². The average Bonchev–Trinajstić information content (AvgIpc) is 2.30. The topological polar surface area (TPSA) is 20.2 Å². The first-order valence-electron chi connectivity index (χ1n) is 5.56. The summed E-state index contributed by atoms with van der Waals surface area (Å²) in [5, 5.41) is 9.70. The number of hydrogen-bond donors (Lipinski definition) is 1. The summed E-state index contributed by atoms with van der Waals surface area (Å²) in [4.78, 5) is 0. The molecule has 15 heavy (non-hydrogen) atoms. The number of hydrogen-bond acceptors (Lipinski definition) is 1. The lowest BCUT2D eigenvalue weighted by molar-refractivity contribution is 0.238. The van der Waals surface area contributed by atoms with Crippen LogP contribution in [0.15, 0.2) is 30.3 Å². The molecule has 1 heteroatoms. The first kappa shape index (κ1) is 11.8. The minimum atomic E-state index is -0.632. The summed E-state index contributed by atoms with van der Waals surface area (Å²) in [6.07, 6.45) is 3.81. The van der Waals surface area contributed by atoms with E-state index in [9.17, 15) is 5.11 Å². The van der Waals surface area contributed by atoms with Crippen molar-refractivity contribution in [3.63, 3.8) is 0 Å². The molecule has 80 valence electrons. The predicted octanol–water partition coefficient (Wildman–Crippen LogP) is 3.30. The van der Waals surface area contributed by atoms with Gasteiger partial charge in [0, 0.05) is 6.42 Å². The molecule has 1 atom stereocenters. The summed E-state index contributed by atoms with van der Waals surface area (Å²) >= 11 is 0. The highest BCUT2D eigenvalue weighted by Crippen LogP contribution is 2.10. The van der Waals surface area contributed by atoms with E-state index in [1.165, 1.54) is 12.8 Å². The van der Waals surface area contributed by atoms with Gasteiger partial charge in [0.05, 0.1) is 0 Å². The zero-order valence-corrected chi connectivity index (χ0v) is 9.24. The Bertz CT molecular complexity index is 318. The number of aliphatic hydroxyl groups excluding tert-OH is 1. The van der Waals surface area contributed by atoms with Crippen LogP contribution in [0.4, 0.5) is 0 Å². The van der Waals surface area contributed by atoms with Gasteiger partial charge in [-0.1, -0.05) is 56.0 Å².